The first-order valence-corrected chi connectivity index (χ1v) is 11.2. The van der Waals surface area contributed by atoms with E-state index in [-0.39, 0.29) is 35.5 Å². The molecule has 0 spiro atoms. The van der Waals surface area contributed by atoms with Gasteiger partial charge >= 0.3 is 6.18 Å². The molecule has 1 aromatic carbocycles. The van der Waals surface area contributed by atoms with E-state index in [4.69, 9.17) is 20.4 Å². The van der Waals surface area contributed by atoms with Gasteiger partial charge in [0.2, 0.25) is 11.7 Å². The molecule has 184 valence electrons. The number of amidine groups is 1. The number of nitrogens with zero attached hydrogens (tertiary/aromatic N) is 2. The Kier molecular flexibility index (Phi) is 12.2. The third-order valence-corrected chi connectivity index (χ3v) is 4.62. The first-order valence-electron chi connectivity index (χ1n) is 11.2. The van der Waals surface area contributed by atoms with Crippen molar-refractivity contribution < 1.29 is 22.4 Å². The number of unbranched alkanes of at least 4 members (excludes halogenated alkanes) is 3. The zero-order valence-electron chi connectivity index (χ0n) is 19.8. The van der Waals surface area contributed by atoms with Crippen molar-refractivity contribution in [3.8, 4) is 17.1 Å². The highest BCUT2D eigenvalue weighted by Crippen LogP contribution is 2.38. The molecule has 33 heavy (non-hydrogen) atoms. The number of alkyl halides is 3. The summed E-state index contributed by atoms with van der Waals surface area (Å²) < 4.78 is 51.2. The van der Waals surface area contributed by atoms with Gasteiger partial charge < -0.3 is 15.0 Å². The number of aromatic nitrogens is 2. The normalized spacial score (nSPS) is 12.3. The van der Waals surface area contributed by atoms with Crippen LogP contribution in [0.1, 0.15) is 83.6 Å². The molecule has 2 aromatic rings. The van der Waals surface area contributed by atoms with Gasteiger partial charge in [0.1, 0.15) is 12.4 Å². The fourth-order valence-corrected chi connectivity index (χ4v) is 2.85. The van der Waals surface area contributed by atoms with E-state index in [1.807, 2.05) is 13.0 Å². The molecule has 9 heteroatoms. The Morgan fingerprint density at radius 2 is 1.88 bits per heavy atom. The molecule has 0 saturated carbocycles. The van der Waals surface area contributed by atoms with Gasteiger partial charge in [-0.15, -0.1) is 0 Å². The Balaban J connectivity index is 0.00000125. The van der Waals surface area contributed by atoms with Crippen molar-refractivity contribution in [2.75, 3.05) is 6.61 Å². The molecule has 0 fully saturated rings. The lowest BCUT2D eigenvalue weighted by Crippen LogP contribution is -2.09. The number of hydrogen-bond donors (Lipinski definition) is 2. The molecule has 1 aromatic heterocycles. The number of rotatable bonds is 11. The second kappa shape index (κ2) is 14.3. The molecular weight excluding hydrogens is 433 g/mol. The van der Waals surface area contributed by atoms with Gasteiger partial charge in [-0.25, -0.2) is 0 Å². The van der Waals surface area contributed by atoms with Crippen molar-refractivity contribution in [1.29, 1.82) is 5.41 Å². The molecule has 0 amide bonds. The summed E-state index contributed by atoms with van der Waals surface area (Å²) in [5.41, 5.74) is 4.10. The largest absolute Gasteiger partial charge is 0.489 e. The smallest absolute Gasteiger partial charge is 0.419 e. The van der Waals surface area contributed by atoms with Crippen LogP contribution < -0.4 is 10.5 Å². The predicted molar refractivity (Wildman–Crippen MR) is 124 cm³/mol. The van der Waals surface area contributed by atoms with Crippen molar-refractivity contribution in [2.24, 2.45) is 5.73 Å². The molecule has 3 N–H and O–H groups in total. The summed E-state index contributed by atoms with van der Waals surface area (Å²) in [6.45, 7) is 7.77. The zero-order chi connectivity index (χ0) is 24.9. The summed E-state index contributed by atoms with van der Waals surface area (Å²) in [6.07, 6.45) is 5.09. The van der Waals surface area contributed by atoms with Gasteiger partial charge in [-0.1, -0.05) is 63.8 Å². The van der Waals surface area contributed by atoms with Crippen molar-refractivity contribution in [1.82, 2.24) is 10.1 Å². The Bertz CT molecular complexity index is 875. The molecule has 1 atom stereocenters. The first kappa shape index (κ1) is 28.2. The summed E-state index contributed by atoms with van der Waals surface area (Å²) in [6, 6.07) is 3.85. The maximum Gasteiger partial charge on any atom is 0.419 e. The van der Waals surface area contributed by atoms with Crippen molar-refractivity contribution in [2.45, 2.75) is 78.3 Å². The Hall–Kier alpha value is -2.84. The van der Waals surface area contributed by atoms with Crippen LogP contribution in [0, 0.1) is 5.41 Å². The van der Waals surface area contributed by atoms with Crippen molar-refractivity contribution in [3.63, 3.8) is 0 Å². The summed E-state index contributed by atoms with van der Waals surface area (Å²) in [4.78, 5) is 4.29. The molecule has 0 radical (unpaired) electrons. The van der Waals surface area contributed by atoms with Crippen LogP contribution in [0.3, 0.4) is 0 Å². The number of nitrogens with one attached hydrogen (secondary N) is 1. The van der Waals surface area contributed by atoms with Crippen molar-refractivity contribution >= 4 is 5.84 Å². The molecule has 6 nitrogen and oxygen atoms in total. The van der Waals surface area contributed by atoms with E-state index >= 15 is 0 Å². The van der Waals surface area contributed by atoms with Gasteiger partial charge in [0, 0.05) is 11.5 Å². The van der Waals surface area contributed by atoms with E-state index < -0.39 is 11.7 Å². The fraction of sp³-hybridized carbons (Fsp3) is 0.542. The number of hydrogen-bond acceptors (Lipinski definition) is 5. The molecule has 0 saturated heterocycles. The highest BCUT2D eigenvalue weighted by molar-refractivity contribution is 5.73. The minimum absolute atomic E-state index is 0.0698. The average molecular weight is 469 g/mol. The number of benzene rings is 1. The molecule has 0 aliphatic heterocycles. The van der Waals surface area contributed by atoms with E-state index in [0.29, 0.717) is 5.89 Å². The maximum absolute atomic E-state index is 13.5. The lowest BCUT2D eigenvalue weighted by Gasteiger charge is -2.14. The first-order chi connectivity index (χ1) is 15.6. The quantitative estimate of drug-likeness (QED) is 0.158. The molecular formula is C24H35F3N4O2. The van der Waals surface area contributed by atoms with E-state index in [1.54, 1.807) is 6.08 Å². The lowest BCUT2D eigenvalue weighted by atomic mass is 10.0. The van der Waals surface area contributed by atoms with Crippen LogP contribution in [0.25, 0.3) is 11.4 Å². The summed E-state index contributed by atoms with van der Waals surface area (Å²) in [5, 5.41) is 10.1. The van der Waals surface area contributed by atoms with Gasteiger partial charge in [-0.2, -0.15) is 18.2 Å². The van der Waals surface area contributed by atoms with Gasteiger partial charge in [0.25, 0.3) is 0 Å². The SMILES string of the molecule is CC(=N)N.CCCC/C=C/COc1ccc(-c2noc([C@@H](C)CCCC)n2)cc1C(F)(F)F. The number of halogens is 3. The molecule has 0 aliphatic rings. The van der Waals surface area contributed by atoms with Crippen LogP contribution in [-0.4, -0.2) is 22.6 Å². The van der Waals surface area contributed by atoms with E-state index in [9.17, 15) is 13.2 Å². The van der Waals surface area contributed by atoms with E-state index in [2.05, 4.69) is 24.0 Å². The summed E-state index contributed by atoms with van der Waals surface area (Å²) >= 11 is 0. The van der Waals surface area contributed by atoms with E-state index in [1.165, 1.54) is 19.1 Å². The van der Waals surface area contributed by atoms with Crippen LogP contribution in [0.5, 0.6) is 5.75 Å². The molecule has 1 heterocycles. The highest BCUT2D eigenvalue weighted by Gasteiger charge is 2.35. The zero-order valence-corrected chi connectivity index (χ0v) is 19.8. The second-order valence-corrected chi connectivity index (χ2v) is 7.82. The predicted octanol–water partition coefficient (Wildman–Crippen LogP) is 7.12. The third-order valence-electron chi connectivity index (χ3n) is 4.62. The molecule has 2 rings (SSSR count). The van der Waals surface area contributed by atoms with Crippen LogP contribution in [0.2, 0.25) is 0 Å². The van der Waals surface area contributed by atoms with Gasteiger partial charge in [-0.05, 0) is 38.0 Å². The van der Waals surface area contributed by atoms with Crippen LogP contribution in [-0.2, 0) is 6.18 Å². The molecule has 0 aliphatic carbocycles. The topological polar surface area (TPSA) is 98.0 Å². The Labute approximate surface area is 193 Å². The maximum atomic E-state index is 13.5. The van der Waals surface area contributed by atoms with Crippen molar-refractivity contribution in [3.05, 3.63) is 41.8 Å². The fourth-order valence-electron chi connectivity index (χ4n) is 2.85. The second-order valence-electron chi connectivity index (χ2n) is 7.82. The molecule has 0 unspecified atom stereocenters. The monoisotopic (exact) mass is 468 g/mol. The summed E-state index contributed by atoms with van der Waals surface area (Å²) in [7, 11) is 0. The highest BCUT2D eigenvalue weighted by atomic mass is 19.4. The Morgan fingerprint density at radius 3 is 2.48 bits per heavy atom. The lowest BCUT2D eigenvalue weighted by molar-refractivity contribution is -0.138. The van der Waals surface area contributed by atoms with Crippen LogP contribution in [0.4, 0.5) is 13.2 Å². The van der Waals surface area contributed by atoms with Gasteiger partial charge in [0.15, 0.2) is 0 Å². The van der Waals surface area contributed by atoms with E-state index in [0.717, 1.165) is 44.6 Å². The summed E-state index contributed by atoms with van der Waals surface area (Å²) in [5.74, 6) is 0.626. The van der Waals surface area contributed by atoms with Gasteiger partial charge in [-0.3, -0.25) is 5.41 Å². The minimum Gasteiger partial charge on any atom is -0.489 e. The third kappa shape index (κ3) is 10.5. The average Bonchev–Trinajstić information content (AvgIpc) is 3.24. The number of allylic oxidation sites excluding steroid dienone is 1. The standard InChI is InChI=1S/C22H29F3N2O2.C2H6N2/c1-4-6-8-9-10-14-28-19-13-12-17(15-18(19)22(23,24)25)20-26-21(29-27-20)16(3)11-7-5-2;1-2(3)4/h9-10,12-13,15-16H,4-8,11,14H2,1-3H3;1H3,(H3,3,4)/b10-9+;/t16-;/m0./s1. The number of ether oxygens (including phenoxy) is 1. The van der Waals surface area contributed by atoms with Gasteiger partial charge in [0.05, 0.1) is 11.4 Å². The minimum atomic E-state index is -4.54. The van der Waals surface area contributed by atoms with Crippen LogP contribution in [0.15, 0.2) is 34.9 Å². The number of nitrogens with two attached hydrogens (primary N) is 1. The molecule has 0 bridgehead atoms. The Morgan fingerprint density at radius 1 is 1.21 bits per heavy atom. The van der Waals surface area contributed by atoms with Crippen LogP contribution >= 0.6 is 0 Å².